The normalized spacial score (nSPS) is 15.0. The molecule has 0 saturated heterocycles. The van der Waals surface area contributed by atoms with Crippen LogP contribution >= 0.6 is 0 Å². The van der Waals surface area contributed by atoms with Gasteiger partial charge >= 0.3 is 0 Å². The maximum atomic E-state index is 13.4. The number of anilines is 4. The first-order chi connectivity index (χ1) is 20.1. The summed E-state index contributed by atoms with van der Waals surface area (Å²) in [4.78, 5) is 13.9. The lowest BCUT2D eigenvalue weighted by atomic mass is 10.1. The van der Waals surface area contributed by atoms with E-state index in [9.17, 15) is 16.8 Å². The number of nitrogens with two attached hydrogens (primary N) is 2. The highest BCUT2D eigenvalue weighted by Crippen LogP contribution is 2.33. The quantitative estimate of drug-likeness (QED) is 0.174. The van der Waals surface area contributed by atoms with E-state index in [0.29, 0.717) is 33.8 Å². The lowest BCUT2D eigenvalue weighted by molar-refractivity contribution is 0.579. The summed E-state index contributed by atoms with van der Waals surface area (Å²) >= 11 is 0. The van der Waals surface area contributed by atoms with Crippen molar-refractivity contribution in [2.45, 2.75) is 16.0 Å². The lowest BCUT2D eigenvalue weighted by Crippen LogP contribution is -2.48. The van der Waals surface area contributed by atoms with Crippen LogP contribution in [0.3, 0.4) is 0 Å². The molecular formula is C28H24N8O4S2. The maximum Gasteiger partial charge on any atom is 0.263 e. The third-order valence-corrected chi connectivity index (χ3v) is 9.21. The highest BCUT2D eigenvalue weighted by molar-refractivity contribution is 7.92. The molecule has 6 rings (SSSR count). The van der Waals surface area contributed by atoms with Crippen LogP contribution in [0.15, 0.2) is 112 Å². The fraction of sp³-hybridized carbons (Fsp3) is 0.0357. The Balaban J connectivity index is 1.50. The summed E-state index contributed by atoms with van der Waals surface area (Å²) < 4.78 is 58.8. The van der Waals surface area contributed by atoms with Crippen molar-refractivity contribution in [3.8, 4) is 0 Å². The molecule has 0 amide bonds. The van der Waals surface area contributed by atoms with E-state index in [2.05, 4.69) is 19.7 Å². The topological polar surface area (TPSA) is 195 Å². The van der Waals surface area contributed by atoms with Crippen molar-refractivity contribution in [2.75, 3.05) is 21.5 Å². The fourth-order valence-corrected chi connectivity index (χ4v) is 6.46. The van der Waals surface area contributed by atoms with E-state index in [1.165, 1.54) is 48.5 Å². The van der Waals surface area contributed by atoms with Gasteiger partial charge in [-0.2, -0.15) is 4.72 Å². The van der Waals surface area contributed by atoms with Crippen LogP contribution in [0.2, 0.25) is 0 Å². The number of nitrogens with one attached hydrogen (secondary N) is 3. The average molecular weight is 601 g/mol. The summed E-state index contributed by atoms with van der Waals surface area (Å²) in [6.45, 7) is 0. The van der Waals surface area contributed by atoms with Gasteiger partial charge in [-0.1, -0.05) is 24.3 Å². The Bertz CT molecular complexity index is 2070. The number of aromatic nitrogens is 2. The molecule has 4 aromatic carbocycles. The van der Waals surface area contributed by atoms with Crippen LogP contribution in [0.4, 0.5) is 28.6 Å². The maximum absolute atomic E-state index is 13.4. The van der Waals surface area contributed by atoms with Crippen molar-refractivity contribution in [2.24, 2.45) is 4.99 Å². The molecule has 0 fully saturated rings. The second-order valence-electron chi connectivity index (χ2n) is 9.37. The van der Waals surface area contributed by atoms with Gasteiger partial charge in [0.2, 0.25) is 10.0 Å². The van der Waals surface area contributed by atoms with E-state index in [-0.39, 0.29) is 27.0 Å². The Labute approximate surface area is 241 Å². The molecule has 5 aromatic rings. The van der Waals surface area contributed by atoms with Gasteiger partial charge in [-0.25, -0.2) is 31.8 Å². The molecular weight excluding hydrogens is 576 g/mol. The minimum Gasteiger partial charge on any atom is -0.399 e. The largest absolute Gasteiger partial charge is 0.399 e. The Morgan fingerprint density at radius 1 is 0.667 bits per heavy atom. The SMILES string of the molecule is Nc1ccc(S(=O)(=O)Nc2nc3ccccc3nc2C2=Nc3ccccc3NC2NS(=O)(=O)c2ccc(N)cc2)cc1. The Hall–Kier alpha value is -5.05. The number of fused-ring (bicyclic) bond motifs is 2. The van der Waals surface area contributed by atoms with E-state index in [0.717, 1.165) is 0 Å². The van der Waals surface area contributed by atoms with Gasteiger partial charge < -0.3 is 16.8 Å². The van der Waals surface area contributed by atoms with Crippen molar-refractivity contribution in [1.29, 1.82) is 0 Å². The van der Waals surface area contributed by atoms with Crippen LogP contribution < -0.4 is 26.2 Å². The van der Waals surface area contributed by atoms with Gasteiger partial charge in [0.25, 0.3) is 10.0 Å². The van der Waals surface area contributed by atoms with E-state index < -0.39 is 26.2 Å². The second-order valence-corrected chi connectivity index (χ2v) is 12.8. The van der Waals surface area contributed by atoms with Crippen molar-refractivity contribution in [3.05, 3.63) is 103 Å². The predicted molar refractivity (Wildman–Crippen MR) is 162 cm³/mol. The predicted octanol–water partition coefficient (Wildman–Crippen LogP) is 3.45. The number of hydrogen-bond donors (Lipinski definition) is 5. The van der Waals surface area contributed by atoms with Crippen LogP contribution in [0.5, 0.6) is 0 Å². The molecule has 0 radical (unpaired) electrons. The first kappa shape index (κ1) is 27.1. The molecule has 0 aliphatic carbocycles. The summed E-state index contributed by atoms with van der Waals surface area (Å²) in [6, 6.07) is 25.3. The van der Waals surface area contributed by atoms with Gasteiger partial charge in [0.05, 0.1) is 32.2 Å². The summed E-state index contributed by atoms with van der Waals surface area (Å²) in [7, 11) is -8.26. The van der Waals surface area contributed by atoms with Gasteiger partial charge in [0.15, 0.2) is 5.82 Å². The molecule has 1 aliphatic rings. The van der Waals surface area contributed by atoms with Crippen LogP contribution in [-0.4, -0.2) is 38.7 Å². The van der Waals surface area contributed by atoms with E-state index in [1.54, 1.807) is 48.5 Å². The summed E-state index contributed by atoms with van der Waals surface area (Å²) in [5.74, 6) is -0.137. The summed E-state index contributed by atoms with van der Waals surface area (Å²) in [6.07, 6.45) is -1.15. The van der Waals surface area contributed by atoms with Crippen LogP contribution in [0.25, 0.3) is 11.0 Å². The number of aliphatic imine (C=N–C) groups is 1. The molecule has 212 valence electrons. The number of sulfonamides is 2. The molecule has 1 aromatic heterocycles. The van der Waals surface area contributed by atoms with Crippen LogP contribution in [0.1, 0.15) is 5.69 Å². The number of hydrogen-bond acceptors (Lipinski definition) is 10. The Kier molecular flexibility index (Phi) is 6.73. The Morgan fingerprint density at radius 2 is 1.21 bits per heavy atom. The van der Waals surface area contributed by atoms with Gasteiger partial charge in [-0.05, 0) is 72.8 Å². The molecule has 2 heterocycles. The zero-order valence-corrected chi connectivity index (χ0v) is 23.4. The van der Waals surface area contributed by atoms with Crippen molar-refractivity contribution < 1.29 is 16.8 Å². The average Bonchev–Trinajstić information content (AvgIpc) is 2.96. The highest BCUT2D eigenvalue weighted by Gasteiger charge is 2.32. The molecule has 1 atom stereocenters. The van der Waals surface area contributed by atoms with Gasteiger partial charge in [0.1, 0.15) is 17.6 Å². The third-order valence-electron chi connectivity index (χ3n) is 6.42. The zero-order chi connectivity index (χ0) is 29.5. The lowest BCUT2D eigenvalue weighted by Gasteiger charge is -2.28. The number of nitrogens with zero attached hydrogens (tertiary/aromatic N) is 3. The zero-order valence-electron chi connectivity index (χ0n) is 21.8. The van der Waals surface area contributed by atoms with E-state index in [4.69, 9.17) is 21.4 Å². The smallest absolute Gasteiger partial charge is 0.263 e. The van der Waals surface area contributed by atoms with Gasteiger partial charge in [0, 0.05) is 11.4 Å². The van der Waals surface area contributed by atoms with Gasteiger partial charge in [-0.15, -0.1) is 0 Å². The van der Waals surface area contributed by atoms with Crippen molar-refractivity contribution in [1.82, 2.24) is 14.7 Å². The monoisotopic (exact) mass is 600 g/mol. The van der Waals surface area contributed by atoms with Crippen molar-refractivity contribution in [3.63, 3.8) is 0 Å². The number of benzene rings is 4. The number of para-hydroxylation sites is 4. The minimum atomic E-state index is -4.15. The Morgan fingerprint density at radius 3 is 1.86 bits per heavy atom. The number of nitrogen functional groups attached to an aromatic ring is 2. The fourth-order valence-electron chi connectivity index (χ4n) is 4.34. The molecule has 1 unspecified atom stereocenters. The van der Waals surface area contributed by atoms with E-state index >= 15 is 0 Å². The standard InChI is InChI=1S/C28H24N8O4S2/c29-17-9-13-19(14-10-17)41(37,38)35-27-25(31-21-5-1-3-7-23(21)33-27)26-28(34-24-8-4-2-6-22(24)32-26)36-42(39,40)20-15-11-18(30)12-16-20/h1-16,27,33,35H,29-30H2,(H,34,36). The van der Waals surface area contributed by atoms with Crippen LogP contribution in [-0.2, 0) is 20.0 Å². The van der Waals surface area contributed by atoms with E-state index in [1.807, 2.05) is 0 Å². The first-order valence-electron chi connectivity index (χ1n) is 12.6. The molecule has 7 N–H and O–H groups in total. The molecule has 0 spiro atoms. The molecule has 0 saturated carbocycles. The molecule has 12 nitrogen and oxygen atoms in total. The second kappa shape index (κ2) is 10.4. The van der Waals surface area contributed by atoms with Gasteiger partial charge in [-0.3, -0.25) is 4.72 Å². The molecule has 14 heteroatoms. The van der Waals surface area contributed by atoms with Crippen LogP contribution in [0, 0.1) is 0 Å². The molecule has 0 bridgehead atoms. The summed E-state index contributed by atoms with van der Waals surface area (Å²) in [5, 5.41) is 3.15. The molecule has 42 heavy (non-hydrogen) atoms. The first-order valence-corrected chi connectivity index (χ1v) is 15.5. The summed E-state index contributed by atoms with van der Waals surface area (Å²) in [5.41, 5.74) is 14.3. The number of rotatable bonds is 7. The highest BCUT2D eigenvalue weighted by atomic mass is 32.2. The van der Waals surface area contributed by atoms with Crippen molar-refractivity contribution >= 4 is 65.4 Å². The minimum absolute atomic E-state index is 0.0226. The third kappa shape index (κ3) is 5.33. The molecule has 1 aliphatic heterocycles.